The molecule has 3 rings (SSSR count). The monoisotopic (exact) mass is 300 g/mol. The van der Waals surface area contributed by atoms with E-state index in [1.807, 2.05) is 30.5 Å². The third-order valence-electron chi connectivity index (χ3n) is 3.04. The van der Waals surface area contributed by atoms with Crippen LogP contribution in [-0.2, 0) is 6.42 Å². The van der Waals surface area contributed by atoms with Gasteiger partial charge in [0.05, 0.1) is 10.7 Å². The average molecular weight is 300 g/mol. The van der Waals surface area contributed by atoms with Crippen LogP contribution in [0.3, 0.4) is 0 Å². The largest absolute Gasteiger partial charge is 0.352 e. The van der Waals surface area contributed by atoms with Crippen molar-refractivity contribution in [1.82, 2.24) is 25.2 Å². The van der Waals surface area contributed by atoms with Crippen LogP contribution in [0.4, 0.5) is 5.95 Å². The summed E-state index contributed by atoms with van der Waals surface area (Å²) in [6.45, 7) is 4.87. The van der Waals surface area contributed by atoms with Crippen molar-refractivity contribution in [1.29, 1.82) is 0 Å². The maximum Gasteiger partial charge on any atom is 0.247 e. The molecule has 0 saturated heterocycles. The van der Waals surface area contributed by atoms with Gasteiger partial charge in [0, 0.05) is 24.0 Å². The molecule has 2 heterocycles. The van der Waals surface area contributed by atoms with Crippen molar-refractivity contribution in [2.24, 2.45) is 0 Å². The molecule has 1 aromatic carbocycles. The van der Waals surface area contributed by atoms with E-state index in [0.29, 0.717) is 5.95 Å². The lowest BCUT2D eigenvalue weighted by Crippen LogP contribution is -2.10. The normalized spacial score (nSPS) is 10.8. The van der Waals surface area contributed by atoms with Gasteiger partial charge in [-0.05, 0) is 36.4 Å². The second-order valence-electron chi connectivity index (χ2n) is 4.79. The van der Waals surface area contributed by atoms with Crippen LogP contribution in [0.1, 0.15) is 15.4 Å². The lowest BCUT2D eigenvalue weighted by atomic mass is 10.2. The second-order valence-corrected chi connectivity index (χ2v) is 6.11. The molecule has 0 atom stereocenters. The summed E-state index contributed by atoms with van der Waals surface area (Å²) in [6.07, 6.45) is 2.76. The standard InChI is InChI=1S/C14H16N6S/c1-10-3-5-12(6-4-10)20-14(17-18-19-20)15-8-7-13-16-9-11(2)21-13/h3-6,9H,7-8H2,1-2H3,(H,15,17,19). The van der Waals surface area contributed by atoms with Crippen LogP contribution in [-0.4, -0.2) is 31.7 Å². The number of nitrogens with one attached hydrogen (secondary N) is 1. The summed E-state index contributed by atoms with van der Waals surface area (Å²) in [4.78, 5) is 5.58. The average Bonchev–Trinajstić information content (AvgIpc) is 3.09. The Morgan fingerprint density at radius 3 is 2.71 bits per heavy atom. The Balaban J connectivity index is 1.66. The first-order valence-corrected chi connectivity index (χ1v) is 7.54. The minimum atomic E-state index is 0.645. The lowest BCUT2D eigenvalue weighted by Gasteiger charge is -2.06. The molecule has 0 saturated carbocycles. The van der Waals surface area contributed by atoms with Crippen LogP contribution in [0.2, 0.25) is 0 Å². The highest BCUT2D eigenvalue weighted by Crippen LogP contribution is 2.14. The van der Waals surface area contributed by atoms with Gasteiger partial charge in [-0.25, -0.2) is 4.98 Å². The number of rotatable bonds is 5. The summed E-state index contributed by atoms with van der Waals surface area (Å²) in [5.74, 6) is 0.645. The highest BCUT2D eigenvalue weighted by atomic mass is 32.1. The van der Waals surface area contributed by atoms with Crippen molar-refractivity contribution in [2.75, 3.05) is 11.9 Å². The van der Waals surface area contributed by atoms with Gasteiger partial charge in [0.15, 0.2) is 0 Å². The van der Waals surface area contributed by atoms with Gasteiger partial charge in [-0.15, -0.1) is 11.3 Å². The fraction of sp³-hybridized carbons (Fsp3) is 0.286. The summed E-state index contributed by atoms with van der Waals surface area (Å²) >= 11 is 1.72. The predicted molar refractivity (Wildman–Crippen MR) is 82.9 cm³/mol. The number of anilines is 1. The first-order chi connectivity index (χ1) is 10.2. The van der Waals surface area contributed by atoms with Crippen LogP contribution < -0.4 is 5.32 Å². The van der Waals surface area contributed by atoms with E-state index in [4.69, 9.17) is 0 Å². The number of nitrogens with zero attached hydrogens (tertiary/aromatic N) is 5. The summed E-state index contributed by atoms with van der Waals surface area (Å²) in [5, 5.41) is 16.2. The van der Waals surface area contributed by atoms with E-state index in [0.717, 1.165) is 23.7 Å². The number of tetrazole rings is 1. The summed E-state index contributed by atoms with van der Waals surface area (Å²) < 4.78 is 1.70. The van der Waals surface area contributed by atoms with Crippen LogP contribution in [0, 0.1) is 13.8 Å². The number of hydrogen-bond donors (Lipinski definition) is 1. The van der Waals surface area contributed by atoms with Crippen molar-refractivity contribution >= 4 is 17.3 Å². The van der Waals surface area contributed by atoms with Crippen LogP contribution in [0.15, 0.2) is 30.5 Å². The fourth-order valence-corrected chi connectivity index (χ4v) is 2.74. The maximum absolute atomic E-state index is 4.34. The molecule has 0 amide bonds. The maximum atomic E-state index is 4.34. The molecule has 0 aliphatic heterocycles. The van der Waals surface area contributed by atoms with Gasteiger partial charge < -0.3 is 5.32 Å². The second kappa shape index (κ2) is 6.01. The third-order valence-corrected chi connectivity index (χ3v) is 4.01. The first-order valence-electron chi connectivity index (χ1n) is 6.73. The molecule has 21 heavy (non-hydrogen) atoms. The summed E-state index contributed by atoms with van der Waals surface area (Å²) in [5.41, 5.74) is 2.15. The molecule has 3 aromatic rings. The van der Waals surface area contributed by atoms with Gasteiger partial charge in [-0.3, -0.25) is 0 Å². The molecule has 108 valence electrons. The van der Waals surface area contributed by atoms with Crippen molar-refractivity contribution in [3.63, 3.8) is 0 Å². The van der Waals surface area contributed by atoms with Crippen LogP contribution in [0.5, 0.6) is 0 Å². The minimum absolute atomic E-state index is 0.645. The molecule has 7 heteroatoms. The van der Waals surface area contributed by atoms with Gasteiger partial charge in [0.25, 0.3) is 0 Å². The van der Waals surface area contributed by atoms with Gasteiger partial charge in [-0.2, -0.15) is 4.68 Å². The van der Waals surface area contributed by atoms with Crippen molar-refractivity contribution in [3.05, 3.63) is 45.9 Å². The van der Waals surface area contributed by atoms with Crippen molar-refractivity contribution in [2.45, 2.75) is 20.3 Å². The van der Waals surface area contributed by atoms with Gasteiger partial charge in [0.1, 0.15) is 0 Å². The van der Waals surface area contributed by atoms with E-state index in [1.165, 1.54) is 10.4 Å². The molecule has 2 aromatic heterocycles. The van der Waals surface area contributed by atoms with E-state index < -0.39 is 0 Å². The molecule has 0 fully saturated rings. The Labute approximate surface area is 126 Å². The molecule has 1 N–H and O–H groups in total. The predicted octanol–water partition coefficient (Wildman–Crippen LogP) is 2.39. The molecule has 0 aliphatic carbocycles. The zero-order valence-corrected chi connectivity index (χ0v) is 12.8. The third kappa shape index (κ3) is 3.25. The number of aryl methyl sites for hydroxylation is 2. The number of aromatic nitrogens is 5. The van der Waals surface area contributed by atoms with E-state index in [2.05, 4.69) is 39.7 Å². The lowest BCUT2D eigenvalue weighted by molar-refractivity contribution is 0.788. The zero-order valence-electron chi connectivity index (χ0n) is 11.9. The Hall–Kier alpha value is -2.28. The highest BCUT2D eigenvalue weighted by Gasteiger charge is 2.07. The number of hydrogen-bond acceptors (Lipinski definition) is 6. The minimum Gasteiger partial charge on any atom is -0.352 e. The highest BCUT2D eigenvalue weighted by molar-refractivity contribution is 7.11. The Bertz CT molecular complexity index is 715. The number of benzene rings is 1. The molecule has 0 radical (unpaired) electrons. The van der Waals surface area contributed by atoms with Gasteiger partial charge in [-0.1, -0.05) is 22.8 Å². The molecule has 0 unspecified atom stereocenters. The van der Waals surface area contributed by atoms with Gasteiger partial charge in [0.2, 0.25) is 5.95 Å². The van der Waals surface area contributed by atoms with Gasteiger partial charge >= 0.3 is 0 Å². The summed E-state index contributed by atoms with van der Waals surface area (Å²) in [6, 6.07) is 8.08. The molecule has 0 spiro atoms. The van der Waals surface area contributed by atoms with E-state index in [1.54, 1.807) is 16.0 Å². The topological polar surface area (TPSA) is 68.5 Å². The SMILES string of the molecule is Cc1ccc(-n2nnnc2NCCc2ncc(C)s2)cc1. The molecule has 0 bridgehead atoms. The fourth-order valence-electron chi connectivity index (χ4n) is 1.96. The molecular formula is C14H16N6S. The van der Waals surface area contributed by atoms with Crippen molar-refractivity contribution in [3.8, 4) is 5.69 Å². The molecular weight excluding hydrogens is 284 g/mol. The Kier molecular flexibility index (Phi) is 3.92. The first kappa shape index (κ1) is 13.7. The quantitative estimate of drug-likeness (QED) is 0.783. The van der Waals surface area contributed by atoms with Crippen molar-refractivity contribution < 1.29 is 0 Å². The Morgan fingerprint density at radius 2 is 2.00 bits per heavy atom. The Morgan fingerprint density at radius 1 is 1.19 bits per heavy atom. The van der Waals surface area contributed by atoms with Crippen LogP contribution in [0.25, 0.3) is 5.69 Å². The van der Waals surface area contributed by atoms with E-state index in [9.17, 15) is 0 Å². The molecule has 6 nitrogen and oxygen atoms in total. The van der Waals surface area contributed by atoms with E-state index >= 15 is 0 Å². The summed E-state index contributed by atoms with van der Waals surface area (Å²) in [7, 11) is 0. The van der Waals surface area contributed by atoms with Crippen LogP contribution >= 0.6 is 11.3 Å². The zero-order chi connectivity index (χ0) is 14.7. The number of thiazole rings is 1. The van der Waals surface area contributed by atoms with E-state index in [-0.39, 0.29) is 0 Å². The molecule has 0 aliphatic rings. The smallest absolute Gasteiger partial charge is 0.247 e.